The van der Waals surface area contributed by atoms with Gasteiger partial charge in [0.15, 0.2) is 0 Å². The quantitative estimate of drug-likeness (QED) is 0.770. The van der Waals surface area contributed by atoms with Crippen LogP contribution >= 0.6 is 0 Å². The highest BCUT2D eigenvalue weighted by molar-refractivity contribution is 5.89. The first-order chi connectivity index (χ1) is 8.75. The molecule has 0 radical (unpaired) electrons. The van der Waals surface area contributed by atoms with Crippen LogP contribution < -0.4 is 4.90 Å². The Morgan fingerprint density at radius 2 is 2.06 bits per heavy atom. The van der Waals surface area contributed by atoms with Crippen LogP contribution in [0, 0.1) is 0 Å². The van der Waals surface area contributed by atoms with Gasteiger partial charge < -0.3 is 9.64 Å². The molecule has 0 N–H and O–H groups in total. The van der Waals surface area contributed by atoms with Gasteiger partial charge in [-0.3, -0.25) is 0 Å². The summed E-state index contributed by atoms with van der Waals surface area (Å²) in [5, 5.41) is 1.11. The summed E-state index contributed by atoms with van der Waals surface area (Å²) in [5.74, 6) is 1.02. The van der Waals surface area contributed by atoms with Crippen LogP contribution in [0.25, 0.3) is 10.9 Å². The van der Waals surface area contributed by atoms with E-state index in [0.717, 1.165) is 29.9 Å². The number of aromatic nitrogens is 2. The zero-order chi connectivity index (χ0) is 12.5. The number of anilines is 1. The molecule has 1 aromatic heterocycles. The van der Waals surface area contributed by atoms with Crippen molar-refractivity contribution in [3.05, 3.63) is 30.6 Å². The second-order valence-corrected chi connectivity index (χ2v) is 4.86. The molecule has 1 aromatic carbocycles. The predicted octanol–water partition coefficient (Wildman–Crippen LogP) is 2.24. The number of hydrogen-bond acceptors (Lipinski definition) is 4. The summed E-state index contributed by atoms with van der Waals surface area (Å²) in [6.07, 6.45) is 1.89. The number of rotatable bonds is 1. The maximum atomic E-state index is 5.67. The maximum Gasteiger partial charge on any atom is 0.140 e. The predicted molar refractivity (Wildman–Crippen MR) is 71.8 cm³/mol. The van der Waals surface area contributed by atoms with Gasteiger partial charge in [0, 0.05) is 11.9 Å². The minimum Gasteiger partial charge on any atom is -0.375 e. The van der Waals surface area contributed by atoms with Gasteiger partial charge in [0.05, 0.1) is 24.3 Å². The molecular formula is C14H17N3O. The van der Waals surface area contributed by atoms with Gasteiger partial charge in [0.25, 0.3) is 0 Å². The molecule has 0 spiro atoms. The lowest BCUT2D eigenvalue weighted by molar-refractivity contribution is 0.0341. The number of morpholine rings is 1. The summed E-state index contributed by atoms with van der Waals surface area (Å²) >= 11 is 0. The van der Waals surface area contributed by atoms with Gasteiger partial charge in [-0.2, -0.15) is 0 Å². The summed E-state index contributed by atoms with van der Waals surface area (Å²) in [4.78, 5) is 11.1. The van der Waals surface area contributed by atoms with Crippen LogP contribution in [0.5, 0.6) is 0 Å². The Kier molecular flexibility index (Phi) is 2.88. The third-order valence-corrected chi connectivity index (χ3v) is 3.40. The largest absolute Gasteiger partial charge is 0.375 e. The molecule has 0 unspecified atom stereocenters. The third kappa shape index (κ3) is 1.93. The normalized spacial score (nSPS) is 24.4. The molecule has 1 aliphatic heterocycles. The molecule has 2 atom stereocenters. The molecule has 2 heterocycles. The fourth-order valence-corrected chi connectivity index (χ4v) is 2.42. The summed E-state index contributed by atoms with van der Waals surface area (Å²) in [6, 6.07) is 8.49. The highest BCUT2D eigenvalue weighted by Gasteiger charge is 2.25. The molecule has 0 aliphatic carbocycles. The molecule has 0 saturated carbocycles. The van der Waals surface area contributed by atoms with E-state index in [9.17, 15) is 0 Å². The Hall–Kier alpha value is -1.68. The van der Waals surface area contributed by atoms with E-state index in [1.165, 1.54) is 0 Å². The van der Waals surface area contributed by atoms with E-state index in [0.29, 0.717) is 6.04 Å². The third-order valence-electron chi connectivity index (χ3n) is 3.40. The molecule has 1 aliphatic rings. The Bertz CT molecular complexity index is 552. The molecule has 3 rings (SSSR count). The van der Waals surface area contributed by atoms with E-state index in [1.54, 1.807) is 6.33 Å². The fraction of sp³-hybridized carbons (Fsp3) is 0.429. The lowest BCUT2D eigenvalue weighted by atomic mass is 10.1. The number of ether oxygens (including phenoxy) is 1. The van der Waals surface area contributed by atoms with Crippen LogP contribution in [0.4, 0.5) is 5.82 Å². The smallest absolute Gasteiger partial charge is 0.140 e. The number of benzene rings is 1. The first kappa shape index (κ1) is 11.4. The van der Waals surface area contributed by atoms with Crippen molar-refractivity contribution < 1.29 is 4.74 Å². The zero-order valence-corrected chi connectivity index (χ0v) is 10.7. The monoisotopic (exact) mass is 243 g/mol. The lowest BCUT2D eigenvalue weighted by Gasteiger charge is -2.38. The van der Waals surface area contributed by atoms with E-state index >= 15 is 0 Å². The van der Waals surface area contributed by atoms with Crippen molar-refractivity contribution in [1.29, 1.82) is 0 Å². The molecule has 0 bridgehead atoms. The Morgan fingerprint density at radius 3 is 2.94 bits per heavy atom. The first-order valence-corrected chi connectivity index (χ1v) is 6.33. The Balaban J connectivity index is 2.07. The minimum absolute atomic E-state index is 0.245. The second kappa shape index (κ2) is 4.53. The van der Waals surface area contributed by atoms with Crippen LogP contribution in [0.1, 0.15) is 13.8 Å². The average Bonchev–Trinajstić information content (AvgIpc) is 2.41. The van der Waals surface area contributed by atoms with Gasteiger partial charge in [-0.25, -0.2) is 9.97 Å². The topological polar surface area (TPSA) is 38.2 Å². The van der Waals surface area contributed by atoms with E-state index in [4.69, 9.17) is 4.74 Å². The fourth-order valence-electron chi connectivity index (χ4n) is 2.42. The molecule has 2 aromatic rings. The van der Waals surface area contributed by atoms with Gasteiger partial charge in [-0.15, -0.1) is 0 Å². The molecule has 1 saturated heterocycles. The standard InChI is InChI=1S/C14H17N3O/c1-10-8-18-11(2)7-17(10)14-12-5-3-4-6-13(12)15-9-16-14/h3-6,9-11H,7-8H2,1-2H3/t10-,11-/m1/s1. The second-order valence-electron chi connectivity index (χ2n) is 4.86. The lowest BCUT2D eigenvalue weighted by Crippen LogP contribution is -2.47. The SMILES string of the molecule is C[C@@H]1CN(c2ncnc3ccccc23)[C@H](C)CO1. The molecule has 4 heteroatoms. The number of fused-ring (bicyclic) bond motifs is 1. The summed E-state index contributed by atoms with van der Waals surface area (Å²) < 4.78 is 5.67. The van der Waals surface area contributed by atoms with Crippen LogP contribution in [-0.4, -0.2) is 35.3 Å². The van der Waals surface area contributed by atoms with Crippen molar-refractivity contribution in [2.45, 2.75) is 26.0 Å². The minimum atomic E-state index is 0.245. The molecule has 1 fully saturated rings. The summed E-state index contributed by atoms with van der Waals surface area (Å²) in [7, 11) is 0. The first-order valence-electron chi connectivity index (χ1n) is 6.33. The van der Waals surface area contributed by atoms with Gasteiger partial charge in [-0.05, 0) is 26.0 Å². The van der Waals surface area contributed by atoms with E-state index in [1.807, 2.05) is 18.2 Å². The van der Waals surface area contributed by atoms with Crippen LogP contribution in [0.2, 0.25) is 0 Å². The van der Waals surface area contributed by atoms with E-state index < -0.39 is 0 Å². The summed E-state index contributed by atoms with van der Waals surface area (Å²) in [5.41, 5.74) is 0.994. The van der Waals surface area contributed by atoms with Gasteiger partial charge in [0.1, 0.15) is 12.1 Å². The number of para-hydroxylation sites is 1. The van der Waals surface area contributed by atoms with Crippen LogP contribution in [-0.2, 0) is 4.74 Å². The van der Waals surface area contributed by atoms with Gasteiger partial charge in [0.2, 0.25) is 0 Å². The highest BCUT2D eigenvalue weighted by atomic mass is 16.5. The van der Waals surface area contributed by atoms with Crippen molar-refractivity contribution in [1.82, 2.24) is 9.97 Å². The van der Waals surface area contributed by atoms with Crippen molar-refractivity contribution in [3.63, 3.8) is 0 Å². The number of hydrogen-bond donors (Lipinski definition) is 0. The van der Waals surface area contributed by atoms with Crippen molar-refractivity contribution in [2.24, 2.45) is 0 Å². The molecular weight excluding hydrogens is 226 g/mol. The molecule has 18 heavy (non-hydrogen) atoms. The van der Waals surface area contributed by atoms with Gasteiger partial charge in [-0.1, -0.05) is 12.1 Å². The van der Waals surface area contributed by atoms with Crippen LogP contribution in [0.3, 0.4) is 0 Å². The Morgan fingerprint density at radius 1 is 1.22 bits per heavy atom. The van der Waals surface area contributed by atoms with Crippen molar-refractivity contribution in [2.75, 3.05) is 18.1 Å². The van der Waals surface area contributed by atoms with Crippen molar-refractivity contribution in [3.8, 4) is 0 Å². The molecule has 4 nitrogen and oxygen atoms in total. The Labute approximate surface area is 107 Å². The zero-order valence-electron chi connectivity index (χ0n) is 10.7. The van der Waals surface area contributed by atoms with Gasteiger partial charge >= 0.3 is 0 Å². The van der Waals surface area contributed by atoms with Crippen molar-refractivity contribution >= 4 is 16.7 Å². The average molecular weight is 243 g/mol. The molecule has 0 amide bonds. The van der Waals surface area contributed by atoms with E-state index in [-0.39, 0.29) is 6.10 Å². The highest BCUT2D eigenvalue weighted by Crippen LogP contribution is 2.26. The molecule has 94 valence electrons. The number of nitrogens with zero attached hydrogens (tertiary/aromatic N) is 3. The summed E-state index contributed by atoms with van der Waals surface area (Å²) in [6.45, 7) is 5.90. The maximum absolute atomic E-state index is 5.67. The van der Waals surface area contributed by atoms with E-state index in [2.05, 4.69) is 34.8 Å². The van der Waals surface area contributed by atoms with Crippen LogP contribution in [0.15, 0.2) is 30.6 Å².